The molecule has 11 heteroatoms. The Labute approximate surface area is 294 Å². The molecule has 4 heterocycles. The second-order valence-corrected chi connectivity index (χ2v) is 14.3. The second-order valence-electron chi connectivity index (χ2n) is 14.3. The number of morpholine rings is 1. The number of nitrogens with one attached hydrogen (secondary N) is 1. The molecule has 2 aromatic carbocycles. The lowest BCUT2D eigenvalue weighted by atomic mass is 9.76. The van der Waals surface area contributed by atoms with Crippen LogP contribution in [0, 0.1) is 0 Å². The summed E-state index contributed by atoms with van der Waals surface area (Å²) in [5.41, 5.74) is 5.87. The molecular weight excluding hydrogens is 628 g/mol. The second kappa shape index (κ2) is 14.1. The highest BCUT2D eigenvalue weighted by atomic mass is 16.5. The number of amides is 1. The van der Waals surface area contributed by atoms with E-state index in [-0.39, 0.29) is 16.7 Å². The van der Waals surface area contributed by atoms with E-state index in [1.807, 2.05) is 49.4 Å². The molecule has 1 unspecified atom stereocenters. The predicted octanol–water partition coefficient (Wildman–Crippen LogP) is 7.32. The molecule has 2 aromatic heterocycles. The van der Waals surface area contributed by atoms with Crippen LogP contribution in [0.25, 0.3) is 11.4 Å². The van der Waals surface area contributed by atoms with Gasteiger partial charge in [-0.3, -0.25) is 4.79 Å². The first-order valence-corrected chi connectivity index (χ1v) is 17.5. The summed E-state index contributed by atoms with van der Waals surface area (Å²) in [7, 11) is 0. The summed E-state index contributed by atoms with van der Waals surface area (Å²) >= 11 is 0. The lowest BCUT2D eigenvalue weighted by Crippen LogP contribution is -2.36. The molecule has 1 fully saturated rings. The number of rotatable bonds is 11. The fourth-order valence-corrected chi connectivity index (χ4v) is 5.85. The quantitative estimate of drug-likeness (QED) is 0.177. The van der Waals surface area contributed by atoms with Crippen LogP contribution >= 0.6 is 0 Å². The summed E-state index contributed by atoms with van der Waals surface area (Å²) in [5.74, 6) is 2.50. The molecule has 2 aliphatic rings. The van der Waals surface area contributed by atoms with Crippen molar-refractivity contribution in [3.8, 4) is 17.1 Å². The number of fused-ring (bicyclic) bond motifs is 1. The van der Waals surface area contributed by atoms with E-state index in [9.17, 15) is 4.79 Å². The first-order chi connectivity index (χ1) is 23.9. The lowest BCUT2D eigenvalue weighted by Gasteiger charge is -2.31. The summed E-state index contributed by atoms with van der Waals surface area (Å²) in [5, 5.41) is 12.1. The molecule has 1 atom stereocenters. The molecule has 0 saturated carbocycles. The molecule has 50 heavy (non-hydrogen) atoms. The van der Waals surface area contributed by atoms with Crippen LogP contribution < -0.4 is 15.0 Å². The number of aromatic nitrogens is 4. The molecule has 6 rings (SSSR count). The van der Waals surface area contributed by atoms with Gasteiger partial charge >= 0.3 is 0 Å². The van der Waals surface area contributed by atoms with Gasteiger partial charge in [0.1, 0.15) is 17.3 Å². The number of benzene rings is 2. The van der Waals surface area contributed by atoms with Gasteiger partial charge in [-0.1, -0.05) is 53.7 Å². The summed E-state index contributed by atoms with van der Waals surface area (Å²) in [6.45, 7) is 20.1. The standard InChI is InChI=1S/C39H48N8O3/c1-9-38(5,6)28-13-17-32(31(23-28)39(7,8)10-2)50-26(4)37(48)42-29-14-11-27(12-15-29)35-43-36-34(25(3)44-47(36)45-35)41-30-16-18-33(40-24-30)46-19-21-49-22-20-46/h11-18,23-24,26H,9-10,19-22H2,1-8H3,(H,42,48). The van der Waals surface area contributed by atoms with E-state index in [1.54, 1.807) is 13.1 Å². The minimum atomic E-state index is -0.700. The van der Waals surface area contributed by atoms with Gasteiger partial charge in [0.15, 0.2) is 11.9 Å². The minimum Gasteiger partial charge on any atom is -0.481 e. The van der Waals surface area contributed by atoms with Gasteiger partial charge in [0.2, 0.25) is 5.82 Å². The summed E-state index contributed by atoms with van der Waals surface area (Å²) in [6.07, 6.45) is 3.04. The van der Waals surface area contributed by atoms with Crippen LogP contribution in [0.5, 0.6) is 5.75 Å². The third-order valence-electron chi connectivity index (χ3n) is 10.0. The smallest absolute Gasteiger partial charge is 0.265 e. The van der Waals surface area contributed by atoms with Crippen molar-refractivity contribution in [1.29, 1.82) is 0 Å². The zero-order valence-corrected chi connectivity index (χ0v) is 30.4. The van der Waals surface area contributed by atoms with E-state index in [0.717, 1.165) is 54.3 Å². The SMILES string of the molecule is CCC(C)(C)c1ccc(OC(C)C(=O)Nc2ccc(-c3nc4n(n3)N=C(C)C4=Nc3ccc(N4CCOCC4)nc3)cc2)c(C(C)(C)CC)c1. The van der Waals surface area contributed by atoms with Crippen molar-refractivity contribution in [2.24, 2.45) is 10.1 Å². The zero-order valence-electron chi connectivity index (χ0n) is 30.4. The van der Waals surface area contributed by atoms with Crippen LogP contribution in [0.4, 0.5) is 17.2 Å². The maximum atomic E-state index is 13.3. The third kappa shape index (κ3) is 7.33. The first kappa shape index (κ1) is 34.9. The minimum absolute atomic E-state index is 0.0502. The number of carbonyl (C=O) groups excluding carboxylic acids is 1. The average Bonchev–Trinajstić information content (AvgIpc) is 3.66. The van der Waals surface area contributed by atoms with Crippen molar-refractivity contribution in [2.75, 3.05) is 36.5 Å². The van der Waals surface area contributed by atoms with Crippen LogP contribution in [0.3, 0.4) is 0 Å². The Balaban J connectivity index is 1.13. The highest BCUT2D eigenvalue weighted by Crippen LogP contribution is 2.39. The van der Waals surface area contributed by atoms with Crippen molar-refractivity contribution in [3.63, 3.8) is 0 Å². The van der Waals surface area contributed by atoms with Crippen molar-refractivity contribution in [2.45, 2.75) is 85.2 Å². The largest absolute Gasteiger partial charge is 0.481 e. The number of anilines is 2. The van der Waals surface area contributed by atoms with E-state index >= 15 is 0 Å². The Morgan fingerprint density at radius 3 is 2.38 bits per heavy atom. The van der Waals surface area contributed by atoms with Gasteiger partial charge in [0, 0.05) is 29.9 Å². The predicted molar refractivity (Wildman–Crippen MR) is 199 cm³/mol. The van der Waals surface area contributed by atoms with E-state index in [4.69, 9.17) is 19.5 Å². The van der Waals surface area contributed by atoms with E-state index in [2.05, 4.69) is 79.1 Å². The topological polar surface area (TPSA) is 119 Å². The summed E-state index contributed by atoms with van der Waals surface area (Å²) in [6, 6.07) is 17.8. The number of aliphatic imine (C=N–C) groups is 1. The van der Waals surface area contributed by atoms with Gasteiger partial charge < -0.3 is 19.7 Å². The van der Waals surface area contributed by atoms with Crippen LogP contribution in [0.15, 0.2) is 70.9 Å². The van der Waals surface area contributed by atoms with Crippen molar-refractivity contribution in [1.82, 2.24) is 19.9 Å². The Bertz CT molecular complexity index is 1900. The lowest BCUT2D eigenvalue weighted by molar-refractivity contribution is -0.122. The first-order valence-electron chi connectivity index (χ1n) is 17.5. The molecule has 2 aliphatic heterocycles. The summed E-state index contributed by atoms with van der Waals surface area (Å²) < 4.78 is 11.8. The number of hydrogen-bond donors (Lipinski definition) is 1. The molecule has 1 amide bonds. The van der Waals surface area contributed by atoms with Crippen LogP contribution in [0.2, 0.25) is 0 Å². The van der Waals surface area contributed by atoms with Gasteiger partial charge in [-0.15, -0.1) is 9.89 Å². The zero-order chi connectivity index (χ0) is 35.6. The molecule has 0 radical (unpaired) electrons. The third-order valence-corrected chi connectivity index (χ3v) is 10.0. The molecule has 11 nitrogen and oxygen atoms in total. The van der Waals surface area contributed by atoms with Crippen LogP contribution in [0.1, 0.15) is 85.2 Å². The van der Waals surface area contributed by atoms with E-state index < -0.39 is 6.10 Å². The molecular formula is C39H48N8O3. The van der Waals surface area contributed by atoms with Crippen LogP contribution in [-0.4, -0.2) is 69.6 Å². The van der Waals surface area contributed by atoms with Gasteiger partial charge in [0.05, 0.1) is 30.8 Å². The number of nitrogens with zero attached hydrogens (tertiary/aromatic N) is 7. The molecule has 4 aromatic rings. The molecule has 262 valence electrons. The van der Waals surface area contributed by atoms with Crippen molar-refractivity contribution >= 4 is 34.5 Å². The number of hydrogen-bond acceptors (Lipinski definition) is 9. The molecule has 1 N–H and O–H groups in total. The van der Waals surface area contributed by atoms with E-state index in [1.165, 1.54) is 10.4 Å². The monoisotopic (exact) mass is 676 g/mol. The number of pyridine rings is 1. The Morgan fingerprint density at radius 1 is 1.00 bits per heavy atom. The van der Waals surface area contributed by atoms with Gasteiger partial charge in [-0.25, -0.2) is 15.0 Å². The Hall–Kier alpha value is -4.90. The van der Waals surface area contributed by atoms with Gasteiger partial charge in [-0.2, -0.15) is 5.10 Å². The highest BCUT2D eigenvalue weighted by Gasteiger charge is 2.29. The molecule has 0 aliphatic carbocycles. The van der Waals surface area contributed by atoms with Gasteiger partial charge in [-0.05, 0) is 85.5 Å². The fourth-order valence-electron chi connectivity index (χ4n) is 5.85. The molecule has 0 bridgehead atoms. The van der Waals surface area contributed by atoms with Gasteiger partial charge in [0.25, 0.3) is 5.91 Å². The average molecular weight is 677 g/mol. The maximum absolute atomic E-state index is 13.3. The van der Waals surface area contributed by atoms with Crippen molar-refractivity contribution < 1.29 is 14.3 Å². The van der Waals surface area contributed by atoms with Crippen molar-refractivity contribution in [3.05, 3.63) is 77.7 Å². The normalized spacial score (nSPS) is 16.3. The molecule has 1 saturated heterocycles. The van der Waals surface area contributed by atoms with Crippen LogP contribution in [-0.2, 0) is 20.4 Å². The Kier molecular flexibility index (Phi) is 9.89. The van der Waals surface area contributed by atoms with E-state index in [0.29, 0.717) is 41.9 Å². The summed E-state index contributed by atoms with van der Waals surface area (Å²) in [4.78, 5) is 31.2. The number of ether oxygens (including phenoxy) is 2. The molecule has 0 spiro atoms. The maximum Gasteiger partial charge on any atom is 0.265 e. The number of carbonyl (C=O) groups is 1. The fraction of sp³-hybridized carbons (Fsp3) is 0.436. The highest BCUT2D eigenvalue weighted by molar-refractivity contribution is 6.48. The Morgan fingerprint density at radius 2 is 1.72 bits per heavy atom.